The van der Waals surface area contributed by atoms with Crippen LogP contribution < -0.4 is 5.32 Å². The highest BCUT2D eigenvalue weighted by atomic mass is 16.2. The number of hydrogen-bond donors (Lipinski definition) is 2. The lowest BCUT2D eigenvalue weighted by Crippen LogP contribution is -2.63. The Morgan fingerprint density at radius 3 is 3.15 bits per heavy atom. The van der Waals surface area contributed by atoms with Gasteiger partial charge in [0.25, 0.3) is 0 Å². The molecular formula is C16H26N2O2. The van der Waals surface area contributed by atoms with E-state index < -0.39 is 0 Å². The average Bonchev–Trinajstić information content (AvgIpc) is 2.48. The molecule has 4 nitrogen and oxygen atoms in total. The molecule has 3 aliphatic rings. The minimum absolute atomic E-state index is 0.206. The molecule has 20 heavy (non-hydrogen) atoms. The summed E-state index contributed by atoms with van der Waals surface area (Å²) in [5, 5.41) is 12.7. The van der Waals surface area contributed by atoms with E-state index in [2.05, 4.69) is 16.3 Å². The number of piperidine rings is 2. The van der Waals surface area contributed by atoms with Crippen molar-refractivity contribution in [1.82, 2.24) is 10.2 Å². The molecular weight excluding hydrogens is 252 g/mol. The first-order chi connectivity index (χ1) is 9.81. The zero-order valence-electron chi connectivity index (χ0n) is 12.1. The van der Waals surface area contributed by atoms with E-state index >= 15 is 0 Å². The van der Waals surface area contributed by atoms with E-state index in [9.17, 15) is 4.79 Å². The fourth-order valence-electron chi connectivity index (χ4n) is 4.37. The molecule has 0 aromatic carbocycles. The largest absolute Gasteiger partial charge is 0.396 e. The molecule has 1 amide bonds. The smallest absolute Gasteiger partial charge is 0.246 e. The lowest BCUT2D eigenvalue weighted by atomic mass is 9.71. The van der Waals surface area contributed by atoms with Crippen molar-refractivity contribution in [2.45, 2.75) is 50.6 Å². The van der Waals surface area contributed by atoms with E-state index in [0.29, 0.717) is 23.9 Å². The van der Waals surface area contributed by atoms with E-state index in [1.54, 1.807) is 6.08 Å². The zero-order valence-corrected chi connectivity index (χ0v) is 12.1. The number of carbonyl (C=O) groups excluding carboxylic acids is 1. The number of unbranched alkanes of at least 4 members (excludes halogenated alkanes) is 1. The number of hydrogen-bond acceptors (Lipinski definition) is 3. The van der Waals surface area contributed by atoms with Crippen LogP contribution in [-0.4, -0.2) is 47.7 Å². The SMILES string of the molecule is O=C1C=CC[C@@H]2[C@H]3CCCN[C@H]3[C@@H](CCCCO)CN12. The third kappa shape index (κ3) is 2.63. The summed E-state index contributed by atoms with van der Waals surface area (Å²) < 4.78 is 0. The van der Waals surface area contributed by atoms with Gasteiger partial charge in [-0.25, -0.2) is 0 Å². The molecule has 0 aromatic rings. The monoisotopic (exact) mass is 278 g/mol. The highest BCUT2D eigenvalue weighted by Gasteiger charge is 2.45. The number of nitrogens with zero attached hydrogens (tertiary/aromatic N) is 1. The van der Waals surface area contributed by atoms with Crippen molar-refractivity contribution in [2.24, 2.45) is 11.8 Å². The van der Waals surface area contributed by atoms with Gasteiger partial charge in [0.1, 0.15) is 0 Å². The predicted molar refractivity (Wildman–Crippen MR) is 78.2 cm³/mol. The standard InChI is InChI=1S/C16H26N2O2/c19-10-2-1-5-12-11-18-14(7-3-8-15(18)20)13-6-4-9-17-16(12)13/h3,8,12-14,16-17,19H,1-2,4-7,9-11H2/t12-,13+,14+,16-/m0/s1. The molecule has 2 N–H and O–H groups in total. The van der Waals surface area contributed by atoms with Gasteiger partial charge in [-0.05, 0) is 56.6 Å². The summed E-state index contributed by atoms with van der Waals surface area (Å²) in [5.74, 6) is 1.38. The van der Waals surface area contributed by atoms with Crippen LogP contribution in [0, 0.1) is 11.8 Å². The van der Waals surface area contributed by atoms with Crippen LogP contribution in [0.4, 0.5) is 0 Å². The normalized spacial score (nSPS) is 36.6. The topological polar surface area (TPSA) is 52.6 Å². The lowest BCUT2D eigenvalue weighted by molar-refractivity contribution is -0.135. The van der Waals surface area contributed by atoms with Gasteiger partial charge >= 0.3 is 0 Å². The first-order valence-electron chi connectivity index (χ1n) is 8.12. The second-order valence-electron chi connectivity index (χ2n) is 6.46. The van der Waals surface area contributed by atoms with Crippen LogP contribution in [0.1, 0.15) is 38.5 Å². The quantitative estimate of drug-likeness (QED) is 0.762. The Labute approximate surface area is 121 Å². The summed E-state index contributed by atoms with van der Waals surface area (Å²) >= 11 is 0. The first-order valence-corrected chi connectivity index (χ1v) is 8.12. The fourth-order valence-corrected chi connectivity index (χ4v) is 4.37. The molecule has 0 aromatic heterocycles. The molecule has 2 fully saturated rings. The van der Waals surface area contributed by atoms with Gasteiger partial charge in [0.2, 0.25) is 5.91 Å². The van der Waals surface area contributed by atoms with E-state index in [4.69, 9.17) is 5.11 Å². The molecule has 3 aliphatic heterocycles. The number of aliphatic hydroxyl groups is 1. The van der Waals surface area contributed by atoms with Crippen molar-refractivity contribution in [3.63, 3.8) is 0 Å². The molecule has 0 bridgehead atoms. The van der Waals surface area contributed by atoms with Gasteiger partial charge in [0, 0.05) is 25.2 Å². The number of nitrogens with one attached hydrogen (secondary N) is 1. The maximum Gasteiger partial charge on any atom is 0.246 e. The van der Waals surface area contributed by atoms with E-state index in [0.717, 1.165) is 38.8 Å². The minimum Gasteiger partial charge on any atom is -0.396 e. The molecule has 0 spiro atoms. The van der Waals surface area contributed by atoms with Gasteiger partial charge in [0.05, 0.1) is 0 Å². The summed E-state index contributed by atoms with van der Waals surface area (Å²) in [7, 11) is 0. The van der Waals surface area contributed by atoms with Crippen molar-refractivity contribution < 1.29 is 9.90 Å². The summed E-state index contributed by atoms with van der Waals surface area (Å²) in [5.41, 5.74) is 0. The summed E-state index contributed by atoms with van der Waals surface area (Å²) in [6, 6.07) is 0.988. The molecule has 3 rings (SSSR count). The maximum absolute atomic E-state index is 12.2. The van der Waals surface area contributed by atoms with Crippen LogP contribution in [0.3, 0.4) is 0 Å². The Balaban J connectivity index is 1.74. The minimum atomic E-state index is 0.206. The predicted octanol–water partition coefficient (Wildman–Crippen LogP) is 1.30. The molecule has 112 valence electrons. The van der Waals surface area contributed by atoms with Gasteiger partial charge in [-0.1, -0.05) is 12.5 Å². The van der Waals surface area contributed by atoms with Crippen molar-refractivity contribution in [2.75, 3.05) is 19.7 Å². The summed E-state index contributed by atoms with van der Waals surface area (Å²) in [4.78, 5) is 14.3. The van der Waals surface area contributed by atoms with Gasteiger partial charge in [-0.15, -0.1) is 0 Å². The second kappa shape index (κ2) is 6.27. The molecule has 0 aliphatic carbocycles. The lowest BCUT2D eigenvalue weighted by Gasteiger charge is -2.52. The van der Waals surface area contributed by atoms with Crippen LogP contribution >= 0.6 is 0 Å². The average molecular weight is 278 g/mol. The number of aliphatic hydroxyl groups excluding tert-OH is 1. The van der Waals surface area contributed by atoms with Crippen molar-refractivity contribution in [3.05, 3.63) is 12.2 Å². The molecule has 3 heterocycles. The number of amides is 1. The number of carbonyl (C=O) groups is 1. The number of rotatable bonds is 4. The summed E-state index contributed by atoms with van der Waals surface area (Å²) in [6.07, 6.45) is 10.4. The Bertz CT molecular complexity index is 383. The van der Waals surface area contributed by atoms with Gasteiger partial charge < -0.3 is 15.3 Å². The second-order valence-corrected chi connectivity index (χ2v) is 6.46. The van der Waals surface area contributed by atoms with Crippen molar-refractivity contribution in [3.8, 4) is 0 Å². The van der Waals surface area contributed by atoms with Crippen LogP contribution in [0.15, 0.2) is 12.2 Å². The van der Waals surface area contributed by atoms with Gasteiger partial charge in [0.15, 0.2) is 0 Å². The molecule has 4 atom stereocenters. The Morgan fingerprint density at radius 1 is 1.40 bits per heavy atom. The summed E-state index contributed by atoms with van der Waals surface area (Å²) in [6.45, 7) is 2.30. The van der Waals surface area contributed by atoms with Crippen molar-refractivity contribution >= 4 is 5.91 Å². The Hall–Kier alpha value is -0.870. The molecule has 2 saturated heterocycles. The van der Waals surface area contributed by atoms with E-state index in [1.165, 1.54) is 12.8 Å². The van der Waals surface area contributed by atoms with Gasteiger partial charge in [-0.2, -0.15) is 0 Å². The maximum atomic E-state index is 12.2. The van der Waals surface area contributed by atoms with Crippen molar-refractivity contribution in [1.29, 1.82) is 0 Å². The van der Waals surface area contributed by atoms with Crippen LogP contribution in [0.2, 0.25) is 0 Å². The fraction of sp³-hybridized carbons (Fsp3) is 0.812. The molecule has 4 heteroatoms. The van der Waals surface area contributed by atoms with Crippen LogP contribution in [-0.2, 0) is 4.79 Å². The van der Waals surface area contributed by atoms with Crippen LogP contribution in [0.5, 0.6) is 0 Å². The van der Waals surface area contributed by atoms with E-state index in [1.807, 2.05) is 0 Å². The van der Waals surface area contributed by atoms with E-state index in [-0.39, 0.29) is 12.5 Å². The van der Waals surface area contributed by atoms with Crippen LogP contribution in [0.25, 0.3) is 0 Å². The number of fused-ring (bicyclic) bond motifs is 3. The molecule has 0 unspecified atom stereocenters. The molecule has 0 radical (unpaired) electrons. The third-order valence-electron chi connectivity index (χ3n) is 5.29. The van der Waals surface area contributed by atoms with Gasteiger partial charge in [-0.3, -0.25) is 4.79 Å². The highest BCUT2D eigenvalue weighted by molar-refractivity contribution is 5.88. The Morgan fingerprint density at radius 2 is 2.30 bits per heavy atom. The zero-order chi connectivity index (χ0) is 13.9. The first kappa shape index (κ1) is 14.1. The highest BCUT2D eigenvalue weighted by Crippen LogP contribution is 2.38. The Kier molecular flexibility index (Phi) is 4.41. The molecule has 0 saturated carbocycles. The third-order valence-corrected chi connectivity index (χ3v) is 5.29.